The number of carbonyl (C=O) groups excluding carboxylic acids is 1. The molecular weight excluding hydrogens is 456 g/mol. The molecule has 0 bridgehead atoms. The van der Waals surface area contributed by atoms with Crippen molar-refractivity contribution in [1.82, 2.24) is 25.4 Å². The molecule has 34 heavy (non-hydrogen) atoms. The zero-order valence-electron chi connectivity index (χ0n) is 19.5. The molecule has 1 aliphatic rings. The van der Waals surface area contributed by atoms with Gasteiger partial charge < -0.3 is 25.0 Å². The van der Waals surface area contributed by atoms with Gasteiger partial charge in [-0.15, -0.1) is 5.10 Å². The van der Waals surface area contributed by atoms with Crippen molar-refractivity contribution in [3.05, 3.63) is 47.1 Å². The van der Waals surface area contributed by atoms with Crippen molar-refractivity contribution in [3.63, 3.8) is 0 Å². The minimum absolute atomic E-state index is 0.0921. The third kappa shape index (κ3) is 5.43. The minimum atomic E-state index is -0.272. The molecular formula is C24H31ClN6O3. The number of aliphatic hydroxyl groups excluding tert-OH is 1. The van der Waals surface area contributed by atoms with Gasteiger partial charge in [-0.3, -0.25) is 9.89 Å². The molecule has 1 aromatic carbocycles. The molecule has 3 N–H and O–H groups in total. The number of nitrogens with one attached hydrogen (secondary N) is 2. The van der Waals surface area contributed by atoms with Gasteiger partial charge in [-0.05, 0) is 23.8 Å². The largest absolute Gasteiger partial charge is 0.474 e. The first-order chi connectivity index (χ1) is 16.5. The number of anilines is 1. The number of amides is 1. The Morgan fingerprint density at radius 3 is 2.62 bits per heavy atom. The van der Waals surface area contributed by atoms with E-state index < -0.39 is 0 Å². The summed E-state index contributed by atoms with van der Waals surface area (Å²) in [5.74, 6) is 0.268. The molecule has 0 saturated carbocycles. The molecule has 0 radical (unpaired) electrons. The maximum absolute atomic E-state index is 13.5. The van der Waals surface area contributed by atoms with Crippen molar-refractivity contribution in [2.45, 2.75) is 25.8 Å². The summed E-state index contributed by atoms with van der Waals surface area (Å²) in [5, 5.41) is 21.1. The Morgan fingerprint density at radius 2 is 1.94 bits per heavy atom. The van der Waals surface area contributed by atoms with Crippen molar-refractivity contribution < 1.29 is 14.6 Å². The Balaban J connectivity index is 1.48. The van der Waals surface area contributed by atoms with E-state index in [-0.39, 0.29) is 31.1 Å². The van der Waals surface area contributed by atoms with Crippen LogP contribution in [0.25, 0.3) is 11.0 Å². The summed E-state index contributed by atoms with van der Waals surface area (Å²) in [6.45, 7) is 7.37. The molecule has 1 unspecified atom stereocenters. The fourth-order valence-electron chi connectivity index (χ4n) is 4.20. The van der Waals surface area contributed by atoms with Crippen LogP contribution in [0.1, 0.15) is 25.3 Å². The molecule has 3 aromatic rings. The summed E-state index contributed by atoms with van der Waals surface area (Å²) in [7, 11) is 0. The second-order valence-corrected chi connectivity index (χ2v) is 9.07. The zero-order chi connectivity index (χ0) is 24.1. The summed E-state index contributed by atoms with van der Waals surface area (Å²) in [6, 6.07) is 9.75. The van der Waals surface area contributed by atoms with E-state index in [1.807, 2.05) is 35.2 Å². The number of ether oxygens (including phenoxy) is 1. The lowest BCUT2D eigenvalue weighted by molar-refractivity contribution is -0.133. The number of aromatic amines is 1. The van der Waals surface area contributed by atoms with Crippen molar-refractivity contribution in [1.29, 1.82) is 0 Å². The van der Waals surface area contributed by atoms with Crippen molar-refractivity contribution in [2.24, 2.45) is 0 Å². The normalized spacial score (nSPS) is 15.2. The highest BCUT2D eigenvalue weighted by atomic mass is 35.5. The number of fused-ring (bicyclic) bond motifs is 1. The number of rotatable bonds is 9. The number of pyridine rings is 1. The molecule has 2 aromatic heterocycles. The van der Waals surface area contributed by atoms with Crippen LogP contribution >= 0.6 is 11.6 Å². The van der Waals surface area contributed by atoms with Gasteiger partial charge in [0.05, 0.1) is 18.2 Å². The summed E-state index contributed by atoms with van der Waals surface area (Å²) in [4.78, 5) is 22.0. The van der Waals surface area contributed by atoms with E-state index >= 15 is 0 Å². The van der Waals surface area contributed by atoms with E-state index in [4.69, 9.17) is 21.4 Å². The van der Waals surface area contributed by atoms with Crippen LogP contribution in [-0.2, 0) is 4.79 Å². The zero-order valence-corrected chi connectivity index (χ0v) is 20.3. The van der Waals surface area contributed by atoms with Gasteiger partial charge in [0.1, 0.15) is 12.0 Å². The van der Waals surface area contributed by atoms with Crippen LogP contribution in [0.3, 0.4) is 0 Å². The number of H-pyrrole nitrogens is 1. The number of carbonyl (C=O) groups is 1. The molecule has 1 fully saturated rings. The van der Waals surface area contributed by atoms with Crippen molar-refractivity contribution in [3.8, 4) is 5.88 Å². The standard InChI is InChI=1S/C24H31ClN6O3/c1-16(2)27-15-19(17-3-5-18(25)6-4-17)24(33)31-11-9-30(10-12-31)20-7-8-26-22-21(20)23(29-28-22)34-14-13-32/h3-8,16,19,27,32H,9-15H2,1-2H3,(H,26,28,29). The van der Waals surface area contributed by atoms with Crippen LogP contribution < -0.4 is 15.0 Å². The monoisotopic (exact) mass is 486 g/mol. The molecule has 0 spiro atoms. The van der Waals surface area contributed by atoms with Crippen molar-refractivity contribution in [2.75, 3.05) is 50.8 Å². The second-order valence-electron chi connectivity index (χ2n) is 8.63. The summed E-state index contributed by atoms with van der Waals surface area (Å²) >= 11 is 6.07. The highest BCUT2D eigenvalue weighted by molar-refractivity contribution is 6.30. The summed E-state index contributed by atoms with van der Waals surface area (Å²) in [6.07, 6.45) is 1.73. The fourth-order valence-corrected chi connectivity index (χ4v) is 4.33. The van der Waals surface area contributed by atoms with Gasteiger partial charge in [0.15, 0.2) is 5.65 Å². The van der Waals surface area contributed by atoms with Crippen LogP contribution in [0.2, 0.25) is 5.02 Å². The number of aromatic nitrogens is 3. The minimum Gasteiger partial charge on any atom is -0.474 e. The van der Waals surface area contributed by atoms with Gasteiger partial charge in [-0.2, -0.15) is 0 Å². The molecule has 1 amide bonds. The van der Waals surface area contributed by atoms with Gasteiger partial charge in [-0.1, -0.05) is 37.6 Å². The van der Waals surface area contributed by atoms with E-state index in [9.17, 15) is 4.79 Å². The van der Waals surface area contributed by atoms with Crippen LogP contribution in [0.5, 0.6) is 5.88 Å². The third-order valence-corrected chi connectivity index (χ3v) is 6.22. The Kier molecular flexibility index (Phi) is 7.87. The van der Waals surface area contributed by atoms with Crippen molar-refractivity contribution >= 4 is 34.2 Å². The van der Waals surface area contributed by atoms with Gasteiger partial charge >= 0.3 is 0 Å². The first-order valence-corrected chi connectivity index (χ1v) is 11.9. The average Bonchev–Trinajstić information content (AvgIpc) is 3.27. The molecule has 10 heteroatoms. The molecule has 1 saturated heterocycles. The molecule has 1 aliphatic heterocycles. The lowest BCUT2D eigenvalue weighted by Gasteiger charge is -2.38. The van der Waals surface area contributed by atoms with Gasteiger partial charge in [0.2, 0.25) is 11.8 Å². The highest BCUT2D eigenvalue weighted by Gasteiger charge is 2.30. The molecule has 4 rings (SSSR count). The lowest BCUT2D eigenvalue weighted by atomic mass is 9.96. The van der Waals surface area contributed by atoms with Gasteiger partial charge in [-0.25, -0.2) is 4.98 Å². The average molecular weight is 487 g/mol. The molecule has 1 atom stereocenters. The molecule has 3 heterocycles. The van der Waals surface area contributed by atoms with Gasteiger partial charge in [0.25, 0.3) is 0 Å². The summed E-state index contributed by atoms with van der Waals surface area (Å²) in [5.41, 5.74) is 2.55. The molecule has 182 valence electrons. The SMILES string of the molecule is CC(C)NCC(C(=O)N1CCN(c2ccnc3[nH]nc(OCCO)c23)CC1)c1ccc(Cl)cc1. The van der Waals surface area contributed by atoms with E-state index in [1.165, 1.54) is 0 Å². The quantitative estimate of drug-likeness (QED) is 0.426. The predicted octanol–water partition coefficient (Wildman–Crippen LogP) is 2.41. The van der Waals surface area contributed by atoms with Gasteiger partial charge in [0, 0.05) is 50.0 Å². The highest BCUT2D eigenvalue weighted by Crippen LogP contribution is 2.32. The topological polar surface area (TPSA) is 107 Å². The Hall–Kier alpha value is -2.88. The maximum atomic E-state index is 13.5. The van der Waals surface area contributed by atoms with E-state index in [0.29, 0.717) is 49.3 Å². The smallest absolute Gasteiger partial charge is 0.244 e. The number of hydrogen-bond donors (Lipinski definition) is 3. The maximum Gasteiger partial charge on any atom is 0.244 e. The summed E-state index contributed by atoms with van der Waals surface area (Å²) < 4.78 is 5.59. The lowest BCUT2D eigenvalue weighted by Crippen LogP contribution is -2.51. The Labute approximate surface area is 204 Å². The number of benzene rings is 1. The van der Waals surface area contributed by atoms with E-state index in [2.05, 4.69) is 39.2 Å². The molecule has 9 nitrogen and oxygen atoms in total. The number of halogens is 1. The van der Waals surface area contributed by atoms with Crippen LogP contribution in [0, 0.1) is 0 Å². The van der Waals surface area contributed by atoms with Crippen LogP contribution in [-0.4, -0.2) is 83.1 Å². The Bertz CT molecular complexity index is 1100. The number of piperazine rings is 1. The van der Waals surface area contributed by atoms with E-state index in [1.54, 1.807) is 6.20 Å². The predicted molar refractivity (Wildman–Crippen MR) is 133 cm³/mol. The number of nitrogens with zero attached hydrogens (tertiary/aromatic N) is 4. The number of aliphatic hydroxyl groups is 1. The first kappa shape index (κ1) is 24.3. The molecule has 0 aliphatic carbocycles. The fraction of sp³-hybridized carbons (Fsp3) is 0.458. The second kappa shape index (κ2) is 11.0. The van der Waals surface area contributed by atoms with E-state index in [0.717, 1.165) is 16.6 Å². The number of hydrogen-bond acceptors (Lipinski definition) is 7. The third-order valence-electron chi connectivity index (χ3n) is 5.97. The van der Waals surface area contributed by atoms with Crippen LogP contribution in [0.4, 0.5) is 5.69 Å². The Morgan fingerprint density at radius 1 is 1.21 bits per heavy atom. The first-order valence-electron chi connectivity index (χ1n) is 11.6. The van der Waals surface area contributed by atoms with Crippen LogP contribution in [0.15, 0.2) is 36.5 Å².